The molecule has 1 aromatic heterocycles. The summed E-state index contributed by atoms with van der Waals surface area (Å²) in [4.78, 5) is 25.1. The molecule has 0 aliphatic heterocycles. The monoisotopic (exact) mass is 482 g/mol. The van der Waals surface area contributed by atoms with E-state index in [9.17, 15) is 14.9 Å². The van der Waals surface area contributed by atoms with Crippen molar-refractivity contribution in [3.63, 3.8) is 0 Å². The van der Waals surface area contributed by atoms with Gasteiger partial charge in [-0.3, -0.25) is 10.1 Å². The van der Waals surface area contributed by atoms with E-state index in [-0.39, 0.29) is 17.0 Å². The topological polar surface area (TPSA) is 111 Å². The van der Waals surface area contributed by atoms with E-state index in [0.29, 0.717) is 22.8 Å². The number of nitrogens with zero attached hydrogens (tertiary/aromatic N) is 1. The summed E-state index contributed by atoms with van der Waals surface area (Å²) in [6, 6.07) is 25.2. The van der Waals surface area contributed by atoms with Crippen molar-refractivity contribution in [2.75, 3.05) is 26.1 Å². The molecule has 0 fully saturated rings. The fourth-order valence-electron chi connectivity index (χ4n) is 3.60. The second-order valence-corrected chi connectivity index (χ2v) is 7.58. The Morgan fingerprint density at radius 2 is 1.47 bits per heavy atom. The first-order chi connectivity index (χ1) is 17.5. The minimum atomic E-state index is -0.739. The molecular formula is C28H22N2O6. The highest BCUT2D eigenvalue weighted by molar-refractivity contribution is 5.98. The lowest BCUT2D eigenvalue weighted by molar-refractivity contribution is -0.119. The summed E-state index contributed by atoms with van der Waals surface area (Å²) in [6.45, 7) is -0.592. The van der Waals surface area contributed by atoms with Gasteiger partial charge in [-0.15, -0.1) is 0 Å². The van der Waals surface area contributed by atoms with Crippen LogP contribution in [0.3, 0.4) is 0 Å². The van der Waals surface area contributed by atoms with E-state index in [0.717, 1.165) is 11.1 Å². The molecular weight excluding hydrogens is 460 g/mol. The SMILES string of the molecule is COc1cc(OC)cc(C(=O)OCC(=O)Nc2oc(-c3ccccc3)c(-c3ccccc3)c2C#N)c1. The van der Waals surface area contributed by atoms with Gasteiger partial charge in [-0.05, 0) is 17.7 Å². The van der Waals surface area contributed by atoms with E-state index in [1.165, 1.54) is 26.4 Å². The number of carbonyl (C=O) groups is 2. The summed E-state index contributed by atoms with van der Waals surface area (Å²) in [5.74, 6) is -0.183. The van der Waals surface area contributed by atoms with Gasteiger partial charge in [0.15, 0.2) is 6.61 Å². The third-order valence-electron chi connectivity index (χ3n) is 5.29. The maximum atomic E-state index is 12.6. The Kier molecular flexibility index (Phi) is 7.32. The van der Waals surface area contributed by atoms with Crippen LogP contribution in [0.5, 0.6) is 11.5 Å². The number of furan rings is 1. The first-order valence-corrected chi connectivity index (χ1v) is 10.9. The summed E-state index contributed by atoms with van der Waals surface area (Å²) in [5.41, 5.74) is 2.38. The molecule has 0 spiro atoms. The van der Waals surface area contributed by atoms with E-state index in [2.05, 4.69) is 11.4 Å². The van der Waals surface area contributed by atoms with Crippen molar-refractivity contribution in [1.29, 1.82) is 5.26 Å². The number of hydrogen-bond donors (Lipinski definition) is 1. The van der Waals surface area contributed by atoms with E-state index >= 15 is 0 Å². The fraction of sp³-hybridized carbons (Fsp3) is 0.107. The molecule has 8 heteroatoms. The van der Waals surface area contributed by atoms with Crippen LogP contribution in [0.25, 0.3) is 22.5 Å². The molecule has 8 nitrogen and oxygen atoms in total. The Morgan fingerprint density at radius 1 is 0.889 bits per heavy atom. The second kappa shape index (κ2) is 10.9. The van der Waals surface area contributed by atoms with Crippen LogP contribution in [0.4, 0.5) is 5.88 Å². The van der Waals surface area contributed by atoms with E-state index in [4.69, 9.17) is 18.6 Å². The second-order valence-electron chi connectivity index (χ2n) is 7.58. The van der Waals surface area contributed by atoms with Crippen molar-refractivity contribution < 1.29 is 28.2 Å². The maximum Gasteiger partial charge on any atom is 0.338 e. The summed E-state index contributed by atoms with van der Waals surface area (Å²) >= 11 is 0. The van der Waals surface area contributed by atoms with Crippen LogP contribution in [0, 0.1) is 11.3 Å². The normalized spacial score (nSPS) is 10.2. The van der Waals surface area contributed by atoms with Crippen LogP contribution in [0.1, 0.15) is 15.9 Å². The lowest BCUT2D eigenvalue weighted by atomic mass is 9.98. The molecule has 180 valence electrons. The molecule has 0 unspecified atom stereocenters. The van der Waals surface area contributed by atoms with Gasteiger partial charge in [-0.25, -0.2) is 4.79 Å². The number of nitrogens with one attached hydrogen (secondary N) is 1. The molecule has 3 aromatic carbocycles. The molecule has 0 radical (unpaired) electrons. The van der Waals surface area contributed by atoms with Crippen LogP contribution >= 0.6 is 0 Å². The summed E-state index contributed by atoms with van der Waals surface area (Å²) in [6.07, 6.45) is 0. The van der Waals surface area contributed by atoms with E-state index in [1.54, 1.807) is 6.07 Å². The van der Waals surface area contributed by atoms with Crippen molar-refractivity contribution in [2.24, 2.45) is 0 Å². The van der Waals surface area contributed by atoms with Gasteiger partial charge in [0.2, 0.25) is 5.88 Å². The number of nitriles is 1. The zero-order valence-electron chi connectivity index (χ0n) is 19.6. The van der Waals surface area contributed by atoms with Crippen molar-refractivity contribution in [1.82, 2.24) is 0 Å². The molecule has 0 bridgehead atoms. The average molecular weight is 482 g/mol. The average Bonchev–Trinajstić information content (AvgIpc) is 3.30. The fourth-order valence-corrected chi connectivity index (χ4v) is 3.60. The third kappa shape index (κ3) is 5.21. The molecule has 0 atom stereocenters. The van der Waals surface area contributed by atoms with Gasteiger partial charge in [0.05, 0.1) is 19.8 Å². The van der Waals surface area contributed by atoms with Gasteiger partial charge < -0.3 is 18.6 Å². The number of hydrogen-bond acceptors (Lipinski definition) is 7. The Hall–Kier alpha value is -5.03. The lowest BCUT2D eigenvalue weighted by Gasteiger charge is -2.09. The first-order valence-electron chi connectivity index (χ1n) is 10.9. The molecule has 4 aromatic rings. The van der Waals surface area contributed by atoms with Crippen molar-refractivity contribution >= 4 is 17.8 Å². The largest absolute Gasteiger partial charge is 0.497 e. The smallest absolute Gasteiger partial charge is 0.338 e. The lowest BCUT2D eigenvalue weighted by Crippen LogP contribution is -2.21. The van der Waals surface area contributed by atoms with Crippen LogP contribution in [0.2, 0.25) is 0 Å². The van der Waals surface area contributed by atoms with Gasteiger partial charge in [-0.2, -0.15) is 5.26 Å². The zero-order valence-corrected chi connectivity index (χ0v) is 19.6. The minimum absolute atomic E-state index is 0.0284. The van der Waals surface area contributed by atoms with Crippen LogP contribution in [0.15, 0.2) is 83.3 Å². The Labute approximate surface area is 207 Å². The number of ether oxygens (including phenoxy) is 3. The molecule has 36 heavy (non-hydrogen) atoms. The molecule has 0 aliphatic rings. The standard InChI is InChI=1S/C28H22N2O6/c1-33-21-13-20(14-22(15-21)34-2)28(32)35-17-24(31)30-27-23(16-29)25(18-9-5-3-6-10-18)26(36-27)19-11-7-4-8-12-19/h3-15H,17H2,1-2H3,(H,30,31). The number of anilines is 1. The van der Waals surface area contributed by atoms with Gasteiger partial charge >= 0.3 is 5.97 Å². The van der Waals surface area contributed by atoms with E-state index in [1.807, 2.05) is 60.7 Å². The van der Waals surface area contributed by atoms with Gasteiger partial charge in [0.25, 0.3) is 5.91 Å². The molecule has 0 saturated carbocycles. The highest BCUT2D eigenvalue weighted by atomic mass is 16.5. The summed E-state index contributed by atoms with van der Waals surface area (Å²) < 4.78 is 21.4. The number of benzene rings is 3. The first kappa shape index (κ1) is 24.1. The number of amides is 1. The summed E-state index contributed by atoms with van der Waals surface area (Å²) in [5, 5.41) is 12.5. The molecule has 0 saturated heterocycles. The van der Waals surface area contributed by atoms with E-state index < -0.39 is 18.5 Å². The maximum absolute atomic E-state index is 12.6. The van der Waals surface area contributed by atoms with Crippen molar-refractivity contribution in [2.45, 2.75) is 0 Å². The van der Waals surface area contributed by atoms with Crippen molar-refractivity contribution in [3.05, 3.63) is 90.0 Å². The molecule has 1 N–H and O–H groups in total. The summed E-state index contributed by atoms with van der Waals surface area (Å²) in [7, 11) is 2.92. The quantitative estimate of drug-likeness (QED) is 0.339. The molecule has 0 aliphatic carbocycles. The number of esters is 1. The molecule has 1 heterocycles. The van der Waals surface area contributed by atoms with Crippen LogP contribution < -0.4 is 14.8 Å². The highest BCUT2D eigenvalue weighted by Crippen LogP contribution is 2.41. The van der Waals surface area contributed by atoms with Gasteiger partial charge in [0.1, 0.15) is 28.9 Å². The Balaban J connectivity index is 1.57. The van der Waals surface area contributed by atoms with Crippen molar-refractivity contribution in [3.8, 4) is 40.0 Å². The number of carbonyl (C=O) groups excluding carboxylic acids is 2. The predicted octanol–water partition coefficient (Wildman–Crippen LogP) is 5.30. The minimum Gasteiger partial charge on any atom is -0.497 e. The zero-order chi connectivity index (χ0) is 25.5. The highest BCUT2D eigenvalue weighted by Gasteiger charge is 2.24. The molecule has 4 rings (SSSR count). The molecule has 1 amide bonds. The predicted molar refractivity (Wildman–Crippen MR) is 133 cm³/mol. The third-order valence-corrected chi connectivity index (χ3v) is 5.29. The van der Waals surface area contributed by atoms with Gasteiger partial charge in [-0.1, -0.05) is 60.7 Å². The van der Waals surface area contributed by atoms with Crippen LogP contribution in [-0.4, -0.2) is 32.7 Å². The van der Waals surface area contributed by atoms with Crippen LogP contribution in [-0.2, 0) is 9.53 Å². The number of methoxy groups -OCH3 is 2. The number of rotatable bonds is 8. The Morgan fingerprint density at radius 3 is 2.03 bits per heavy atom. The Bertz CT molecular complexity index is 1400. The van der Waals surface area contributed by atoms with Gasteiger partial charge in [0, 0.05) is 17.2 Å².